The monoisotopic (exact) mass is 291 g/mol. The van der Waals surface area contributed by atoms with E-state index >= 15 is 0 Å². The molecule has 3 unspecified atom stereocenters. The van der Waals surface area contributed by atoms with Crippen LogP contribution < -0.4 is 10.6 Å². The second kappa shape index (κ2) is 5.30. The standard InChI is InChI=1S/C16H25N3S/c17-12-7-3-9-14-15(12)18-16(20-14)19-10-4-6-11-5-1-2-8-13(11)19/h11-13H,1-10,17H2. The van der Waals surface area contributed by atoms with Gasteiger partial charge in [0.1, 0.15) is 0 Å². The highest BCUT2D eigenvalue weighted by atomic mass is 32.1. The van der Waals surface area contributed by atoms with Crippen LogP contribution in [0.3, 0.4) is 0 Å². The first-order chi connectivity index (χ1) is 9.83. The topological polar surface area (TPSA) is 42.1 Å². The molecule has 2 fully saturated rings. The maximum absolute atomic E-state index is 6.25. The number of fused-ring (bicyclic) bond motifs is 2. The highest BCUT2D eigenvalue weighted by molar-refractivity contribution is 7.15. The van der Waals surface area contributed by atoms with Gasteiger partial charge in [-0.25, -0.2) is 4.98 Å². The third-order valence-corrected chi connectivity index (χ3v) is 6.64. The normalized spacial score (nSPS) is 33.6. The van der Waals surface area contributed by atoms with E-state index in [1.807, 2.05) is 11.3 Å². The van der Waals surface area contributed by atoms with Gasteiger partial charge in [-0.1, -0.05) is 12.8 Å². The lowest BCUT2D eigenvalue weighted by molar-refractivity contribution is 0.243. The number of anilines is 1. The van der Waals surface area contributed by atoms with Crippen molar-refractivity contribution in [2.75, 3.05) is 11.4 Å². The van der Waals surface area contributed by atoms with Gasteiger partial charge in [-0.15, -0.1) is 11.3 Å². The van der Waals surface area contributed by atoms with E-state index in [2.05, 4.69) is 4.90 Å². The highest BCUT2D eigenvalue weighted by Gasteiger charge is 2.35. The Morgan fingerprint density at radius 2 is 1.90 bits per heavy atom. The second-order valence-electron chi connectivity index (χ2n) is 6.75. The van der Waals surface area contributed by atoms with Crippen molar-refractivity contribution in [3.63, 3.8) is 0 Å². The lowest BCUT2D eigenvalue weighted by atomic mass is 9.78. The Morgan fingerprint density at radius 1 is 1.05 bits per heavy atom. The van der Waals surface area contributed by atoms with E-state index in [-0.39, 0.29) is 6.04 Å². The molecule has 1 aromatic rings. The largest absolute Gasteiger partial charge is 0.345 e. The maximum Gasteiger partial charge on any atom is 0.186 e. The van der Waals surface area contributed by atoms with Crippen LogP contribution in [0.15, 0.2) is 0 Å². The number of hydrogen-bond donors (Lipinski definition) is 1. The SMILES string of the molecule is NC1CCCc2sc(N3CCCC4CCCCC43)nc21. The highest BCUT2D eigenvalue weighted by Crippen LogP contribution is 2.41. The van der Waals surface area contributed by atoms with Crippen LogP contribution in [0, 0.1) is 5.92 Å². The van der Waals surface area contributed by atoms with Crippen LogP contribution in [0.5, 0.6) is 0 Å². The number of nitrogens with two attached hydrogens (primary N) is 1. The molecule has 1 aromatic heterocycles. The summed E-state index contributed by atoms with van der Waals surface area (Å²) in [7, 11) is 0. The fourth-order valence-corrected chi connectivity index (χ4v) is 5.68. The van der Waals surface area contributed by atoms with Gasteiger partial charge in [-0.05, 0) is 50.9 Å². The summed E-state index contributed by atoms with van der Waals surface area (Å²) < 4.78 is 0. The molecule has 0 amide bonds. The molecule has 2 N–H and O–H groups in total. The molecule has 3 nitrogen and oxygen atoms in total. The molecule has 4 heteroatoms. The fraction of sp³-hybridized carbons (Fsp3) is 0.812. The van der Waals surface area contributed by atoms with Gasteiger partial charge in [0.05, 0.1) is 5.69 Å². The molecular formula is C16H25N3S. The minimum atomic E-state index is 0.190. The lowest BCUT2D eigenvalue weighted by Crippen LogP contribution is -2.46. The zero-order valence-electron chi connectivity index (χ0n) is 12.2. The van der Waals surface area contributed by atoms with E-state index in [0.29, 0.717) is 0 Å². The summed E-state index contributed by atoms with van der Waals surface area (Å²) in [6.07, 6.45) is 12.0. The van der Waals surface area contributed by atoms with Crippen LogP contribution in [-0.2, 0) is 6.42 Å². The average molecular weight is 291 g/mol. The Bertz CT molecular complexity index is 482. The Balaban J connectivity index is 1.63. The lowest BCUT2D eigenvalue weighted by Gasteiger charge is -2.44. The van der Waals surface area contributed by atoms with E-state index in [4.69, 9.17) is 10.7 Å². The van der Waals surface area contributed by atoms with Crippen LogP contribution in [0.2, 0.25) is 0 Å². The Morgan fingerprint density at radius 3 is 2.80 bits per heavy atom. The predicted octanol–water partition coefficient (Wildman–Crippen LogP) is 3.64. The van der Waals surface area contributed by atoms with E-state index in [1.54, 1.807) is 0 Å². The molecule has 20 heavy (non-hydrogen) atoms. The number of piperidine rings is 1. The average Bonchev–Trinajstić information content (AvgIpc) is 2.92. The zero-order chi connectivity index (χ0) is 13.5. The Kier molecular flexibility index (Phi) is 3.47. The van der Waals surface area contributed by atoms with Crippen molar-refractivity contribution < 1.29 is 0 Å². The molecule has 0 aromatic carbocycles. The van der Waals surface area contributed by atoms with Gasteiger partial charge in [-0.3, -0.25) is 0 Å². The summed E-state index contributed by atoms with van der Waals surface area (Å²) in [5.74, 6) is 0.923. The van der Waals surface area contributed by atoms with Gasteiger partial charge in [0.25, 0.3) is 0 Å². The van der Waals surface area contributed by atoms with Crippen LogP contribution in [0.1, 0.15) is 68.0 Å². The van der Waals surface area contributed by atoms with Crippen molar-refractivity contribution in [1.82, 2.24) is 4.98 Å². The molecule has 2 heterocycles. The maximum atomic E-state index is 6.25. The number of hydrogen-bond acceptors (Lipinski definition) is 4. The first-order valence-electron chi connectivity index (χ1n) is 8.35. The number of thiazole rings is 1. The third kappa shape index (κ3) is 2.17. The van der Waals surface area contributed by atoms with E-state index in [0.717, 1.165) is 18.4 Å². The van der Waals surface area contributed by atoms with Gasteiger partial charge in [0.15, 0.2) is 5.13 Å². The van der Waals surface area contributed by atoms with Crippen molar-refractivity contribution in [2.24, 2.45) is 11.7 Å². The molecule has 1 saturated heterocycles. The third-order valence-electron chi connectivity index (χ3n) is 5.48. The summed E-state index contributed by atoms with van der Waals surface area (Å²) >= 11 is 1.94. The van der Waals surface area contributed by atoms with Crippen molar-refractivity contribution in [2.45, 2.75) is 69.9 Å². The van der Waals surface area contributed by atoms with E-state index in [9.17, 15) is 0 Å². The molecule has 1 aliphatic heterocycles. The smallest absolute Gasteiger partial charge is 0.186 e. The van der Waals surface area contributed by atoms with Crippen molar-refractivity contribution in [1.29, 1.82) is 0 Å². The molecule has 2 aliphatic carbocycles. The van der Waals surface area contributed by atoms with Gasteiger partial charge in [-0.2, -0.15) is 0 Å². The second-order valence-corrected chi connectivity index (χ2v) is 7.81. The molecule has 3 atom stereocenters. The van der Waals surface area contributed by atoms with Gasteiger partial charge < -0.3 is 10.6 Å². The number of aromatic nitrogens is 1. The van der Waals surface area contributed by atoms with Crippen LogP contribution in [0.4, 0.5) is 5.13 Å². The Hall–Kier alpha value is -0.610. The molecule has 0 radical (unpaired) electrons. The minimum absolute atomic E-state index is 0.190. The summed E-state index contributed by atoms with van der Waals surface area (Å²) in [6, 6.07) is 0.956. The van der Waals surface area contributed by atoms with Crippen molar-refractivity contribution in [3.8, 4) is 0 Å². The Labute approximate surface area is 125 Å². The molecule has 1 saturated carbocycles. The van der Waals surface area contributed by atoms with Gasteiger partial charge in [0.2, 0.25) is 0 Å². The molecule has 4 rings (SSSR count). The minimum Gasteiger partial charge on any atom is -0.345 e. The first-order valence-corrected chi connectivity index (χ1v) is 9.16. The number of aryl methyl sites for hydroxylation is 1. The first kappa shape index (κ1) is 13.1. The fourth-order valence-electron chi connectivity index (χ4n) is 4.42. The van der Waals surface area contributed by atoms with Crippen LogP contribution in [0.25, 0.3) is 0 Å². The van der Waals surface area contributed by atoms with E-state index < -0.39 is 0 Å². The van der Waals surface area contributed by atoms with E-state index in [1.165, 1.54) is 73.6 Å². The molecular weight excluding hydrogens is 266 g/mol. The quantitative estimate of drug-likeness (QED) is 0.859. The van der Waals surface area contributed by atoms with Crippen LogP contribution in [-0.4, -0.2) is 17.6 Å². The summed E-state index contributed by atoms with van der Waals surface area (Å²) in [5.41, 5.74) is 7.46. The molecule has 110 valence electrons. The van der Waals surface area contributed by atoms with Gasteiger partial charge in [0, 0.05) is 23.5 Å². The van der Waals surface area contributed by atoms with Gasteiger partial charge >= 0.3 is 0 Å². The summed E-state index contributed by atoms with van der Waals surface area (Å²) in [4.78, 5) is 9.08. The molecule has 0 bridgehead atoms. The molecule has 3 aliphatic rings. The summed E-state index contributed by atoms with van der Waals surface area (Å²) in [5, 5.41) is 1.28. The van der Waals surface area contributed by atoms with Crippen LogP contribution >= 0.6 is 11.3 Å². The number of nitrogens with zero attached hydrogens (tertiary/aromatic N) is 2. The van der Waals surface area contributed by atoms with Crippen molar-refractivity contribution >= 4 is 16.5 Å². The predicted molar refractivity (Wildman–Crippen MR) is 84.3 cm³/mol. The number of rotatable bonds is 1. The van der Waals surface area contributed by atoms with Crippen molar-refractivity contribution in [3.05, 3.63) is 10.6 Å². The zero-order valence-corrected chi connectivity index (χ0v) is 13.0. The molecule has 0 spiro atoms. The summed E-state index contributed by atoms with van der Waals surface area (Å²) in [6.45, 7) is 1.21.